The SMILES string of the molecule is Nc1cc(C2=CCCC2)[nH]n1. The molecule has 0 spiro atoms. The van der Waals surface area contributed by atoms with Crippen LogP contribution in [0.2, 0.25) is 0 Å². The van der Waals surface area contributed by atoms with E-state index in [9.17, 15) is 0 Å². The van der Waals surface area contributed by atoms with E-state index in [1.54, 1.807) is 0 Å². The average Bonchev–Trinajstić information content (AvgIpc) is 2.55. The molecule has 11 heavy (non-hydrogen) atoms. The highest BCUT2D eigenvalue weighted by Gasteiger charge is 2.08. The van der Waals surface area contributed by atoms with E-state index < -0.39 is 0 Å². The molecule has 3 heteroatoms. The quantitative estimate of drug-likeness (QED) is 0.636. The molecule has 3 N–H and O–H groups in total. The van der Waals surface area contributed by atoms with Crippen molar-refractivity contribution in [2.24, 2.45) is 0 Å². The number of anilines is 1. The van der Waals surface area contributed by atoms with Crippen LogP contribution >= 0.6 is 0 Å². The third kappa shape index (κ3) is 1.13. The van der Waals surface area contributed by atoms with E-state index in [1.165, 1.54) is 18.4 Å². The van der Waals surface area contributed by atoms with Gasteiger partial charge in [-0.15, -0.1) is 0 Å². The van der Waals surface area contributed by atoms with Gasteiger partial charge in [0.1, 0.15) is 5.82 Å². The van der Waals surface area contributed by atoms with Crippen molar-refractivity contribution in [2.75, 3.05) is 5.73 Å². The van der Waals surface area contributed by atoms with Gasteiger partial charge in [-0.25, -0.2) is 0 Å². The number of rotatable bonds is 1. The highest BCUT2D eigenvalue weighted by molar-refractivity contribution is 5.65. The second kappa shape index (κ2) is 2.42. The summed E-state index contributed by atoms with van der Waals surface area (Å²) < 4.78 is 0. The fourth-order valence-corrected chi connectivity index (χ4v) is 1.42. The molecule has 0 atom stereocenters. The smallest absolute Gasteiger partial charge is 0.145 e. The molecule has 0 aromatic carbocycles. The summed E-state index contributed by atoms with van der Waals surface area (Å²) in [4.78, 5) is 0. The fourth-order valence-electron chi connectivity index (χ4n) is 1.42. The molecule has 1 aromatic rings. The van der Waals surface area contributed by atoms with Gasteiger partial charge in [-0.3, -0.25) is 5.10 Å². The summed E-state index contributed by atoms with van der Waals surface area (Å²) in [6.07, 6.45) is 5.84. The first-order chi connectivity index (χ1) is 5.36. The summed E-state index contributed by atoms with van der Waals surface area (Å²) in [5.74, 6) is 0.577. The minimum absolute atomic E-state index is 0.577. The zero-order valence-corrected chi connectivity index (χ0v) is 6.30. The van der Waals surface area contributed by atoms with Crippen molar-refractivity contribution in [1.29, 1.82) is 0 Å². The Bertz CT molecular complexity index is 285. The van der Waals surface area contributed by atoms with Gasteiger partial charge in [0.25, 0.3) is 0 Å². The Hall–Kier alpha value is -1.25. The van der Waals surface area contributed by atoms with Crippen molar-refractivity contribution in [2.45, 2.75) is 19.3 Å². The van der Waals surface area contributed by atoms with Crippen LogP contribution in [0.5, 0.6) is 0 Å². The number of H-pyrrole nitrogens is 1. The fraction of sp³-hybridized carbons (Fsp3) is 0.375. The molecule has 3 nitrogen and oxygen atoms in total. The minimum atomic E-state index is 0.577. The Morgan fingerprint density at radius 2 is 2.45 bits per heavy atom. The number of hydrogen-bond acceptors (Lipinski definition) is 2. The van der Waals surface area contributed by atoms with E-state index in [0.29, 0.717) is 5.82 Å². The van der Waals surface area contributed by atoms with Crippen LogP contribution in [0.25, 0.3) is 5.57 Å². The summed E-state index contributed by atoms with van der Waals surface area (Å²) in [5.41, 5.74) is 7.92. The maximum atomic E-state index is 5.48. The van der Waals surface area contributed by atoms with Gasteiger partial charge in [0.15, 0.2) is 0 Å². The predicted octanol–water partition coefficient (Wildman–Crippen LogP) is 1.56. The molecule has 1 aromatic heterocycles. The molecule has 1 aliphatic carbocycles. The molecule has 0 amide bonds. The molecule has 1 aliphatic rings. The maximum Gasteiger partial charge on any atom is 0.145 e. The molecule has 0 unspecified atom stereocenters. The molecule has 0 fully saturated rings. The number of aromatic nitrogens is 2. The van der Waals surface area contributed by atoms with E-state index >= 15 is 0 Å². The van der Waals surface area contributed by atoms with Crippen LogP contribution in [0.4, 0.5) is 5.82 Å². The lowest BCUT2D eigenvalue weighted by atomic mass is 10.2. The number of nitrogens with two attached hydrogens (primary N) is 1. The second-order valence-electron chi connectivity index (χ2n) is 2.83. The van der Waals surface area contributed by atoms with Gasteiger partial charge in [-0.2, -0.15) is 5.10 Å². The Balaban J connectivity index is 2.28. The highest BCUT2D eigenvalue weighted by Crippen LogP contribution is 2.26. The molecular weight excluding hydrogens is 138 g/mol. The Morgan fingerprint density at radius 3 is 3.00 bits per heavy atom. The average molecular weight is 149 g/mol. The minimum Gasteiger partial charge on any atom is -0.382 e. The lowest BCUT2D eigenvalue weighted by molar-refractivity contribution is 0.931. The molecule has 0 saturated carbocycles. The van der Waals surface area contributed by atoms with E-state index in [1.807, 2.05) is 6.07 Å². The van der Waals surface area contributed by atoms with Crippen molar-refractivity contribution in [3.8, 4) is 0 Å². The largest absolute Gasteiger partial charge is 0.382 e. The van der Waals surface area contributed by atoms with Crippen LogP contribution in [0.3, 0.4) is 0 Å². The number of aromatic amines is 1. The molecular formula is C8H11N3. The van der Waals surface area contributed by atoms with Crippen LogP contribution in [0, 0.1) is 0 Å². The van der Waals surface area contributed by atoms with Gasteiger partial charge in [0.05, 0.1) is 5.69 Å². The zero-order valence-electron chi connectivity index (χ0n) is 6.30. The molecule has 0 bridgehead atoms. The number of hydrogen-bond donors (Lipinski definition) is 2. The third-order valence-corrected chi connectivity index (χ3v) is 1.98. The third-order valence-electron chi connectivity index (χ3n) is 1.98. The van der Waals surface area contributed by atoms with Gasteiger partial charge in [-0.1, -0.05) is 6.08 Å². The lowest BCUT2D eigenvalue weighted by Gasteiger charge is -1.93. The van der Waals surface area contributed by atoms with E-state index in [-0.39, 0.29) is 0 Å². The van der Waals surface area contributed by atoms with E-state index in [0.717, 1.165) is 12.1 Å². The molecule has 58 valence electrons. The first-order valence-electron chi connectivity index (χ1n) is 3.86. The van der Waals surface area contributed by atoms with Crippen LogP contribution < -0.4 is 5.73 Å². The molecule has 0 saturated heterocycles. The predicted molar refractivity (Wildman–Crippen MR) is 44.8 cm³/mol. The van der Waals surface area contributed by atoms with Gasteiger partial charge in [0, 0.05) is 6.07 Å². The van der Waals surface area contributed by atoms with Gasteiger partial charge < -0.3 is 5.73 Å². The number of nitrogen functional groups attached to an aromatic ring is 1. The Kier molecular flexibility index (Phi) is 1.42. The number of allylic oxidation sites excluding steroid dienone is 2. The van der Waals surface area contributed by atoms with Gasteiger partial charge in [0.2, 0.25) is 0 Å². The van der Waals surface area contributed by atoms with Crippen LogP contribution in [-0.2, 0) is 0 Å². The summed E-state index contributed by atoms with van der Waals surface area (Å²) >= 11 is 0. The van der Waals surface area contributed by atoms with Gasteiger partial charge >= 0.3 is 0 Å². The molecule has 0 aliphatic heterocycles. The first-order valence-corrected chi connectivity index (χ1v) is 3.86. The Morgan fingerprint density at radius 1 is 1.55 bits per heavy atom. The summed E-state index contributed by atoms with van der Waals surface area (Å²) in [6, 6.07) is 1.89. The highest BCUT2D eigenvalue weighted by atomic mass is 15.2. The van der Waals surface area contributed by atoms with Crippen molar-refractivity contribution in [1.82, 2.24) is 10.2 Å². The first kappa shape index (κ1) is 6.46. The number of nitrogens with one attached hydrogen (secondary N) is 1. The van der Waals surface area contributed by atoms with E-state index in [2.05, 4.69) is 16.3 Å². The van der Waals surface area contributed by atoms with Crippen molar-refractivity contribution >= 4 is 11.4 Å². The summed E-state index contributed by atoms with van der Waals surface area (Å²) in [6.45, 7) is 0. The number of nitrogens with zero attached hydrogens (tertiary/aromatic N) is 1. The van der Waals surface area contributed by atoms with Crippen LogP contribution in [-0.4, -0.2) is 10.2 Å². The standard InChI is InChI=1S/C8H11N3/c9-8-5-7(10-11-8)6-3-1-2-4-6/h3,5H,1-2,4H2,(H3,9,10,11). The summed E-state index contributed by atoms with van der Waals surface area (Å²) in [5, 5.41) is 6.78. The lowest BCUT2D eigenvalue weighted by Crippen LogP contribution is -1.81. The van der Waals surface area contributed by atoms with Crippen LogP contribution in [0.1, 0.15) is 25.0 Å². The Labute approximate surface area is 65.3 Å². The van der Waals surface area contributed by atoms with Crippen molar-refractivity contribution in [3.05, 3.63) is 17.8 Å². The molecule has 2 rings (SSSR count). The maximum absolute atomic E-state index is 5.48. The van der Waals surface area contributed by atoms with Crippen molar-refractivity contribution < 1.29 is 0 Å². The monoisotopic (exact) mass is 149 g/mol. The molecule has 0 radical (unpaired) electrons. The molecule has 1 heterocycles. The summed E-state index contributed by atoms with van der Waals surface area (Å²) in [7, 11) is 0. The normalized spacial score (nSPS) is 16.9. The zero-order chi connectivity index (χ0) is 7.68. The van der Waals surface area contributed by atoms with Gasteiger partial charge in [-0.05, 0) is 24.8 Å². The van der Waals surface area contributed by atoms with E-state index in [4.69, 9.17) is 5.73 Å². The second-order valence-corrected chi connectivity index (χ2v) is 2.83. The topological polar surface area (TPSA) is 54.7 Å². The van der Waals surface area contributed by atoms with Crippen LogP contribution in [0.15, 0.2) is 12.1 Å². The van der Waals surface area contributed by atoms with Crippen molar-refractivity contribution in [3.63, 3.8) is 0 Å².